The van der Waals surface area contributed by atoms with Gasteiger partial charge in [-0.3, -0.25) is 10.1 Å². The Kier molecular flexibility index (Phi) is 5.39. The Hall–Kier alpha value is -1.81. The standard InChI is InChI=1S/C17H24N2O2/c1-4-11-21-15-9-7-13(8-10-15)17-18-12-16(20)19(17)14(5-2)6-3/h4,7-10,14,17-18H,1,5-6,11-12H2,2-3H3. The molecule has 0 aromatic heterocycles. The van der Waals surface area contributed by atoms with E-state index in [1.165, 1.54) is 0 Å². The average molecular weight is 288 g/mol. The van der Waals surface area contributed by atoms with Crippen molar-refractivity contribution >= 4 is 5.91 Å². The summed E-state index contributed by atoms with van der Waals surface area (Å²) in [6.45, 7) is 8.80. The Bertz CT molecular complexity index is 480. The van der Waals surface area contributed by atoms with E-state index in [1.54, 1.807) is 6.08 Å². The number of rotatable bonds is 7. The predicted molar refractivity (Wildman–Crippen MR) is 84.1 cm³/mol. The fourth-order valence-electron chi connectivity index (χ4n) is 2.79. The molecule has 0 spiro atoms. The van der Waals surface area contributed by atoms with Crippen LogP contribution in [0.5, 0.6) is 5.75 Å². The van der Waals surface area contributed by atoms with Crippen LogP contribution in [0.2, 0.25) is 0 Å². The van der Waals surface area contributed by atoms with Gasteiger partial charge in [-0.25, -0.2) is 0 Å². The summed E-state index contributed by atoms with van der Waals surface area (Å²) < 4.78 is 5.49. The molecule has 4 heteroatoms. The lowest BCUT2D eigenvalue weighted by molar-refractivity contribution is -0.130. The molecule has 0 saturated carbocycles. The van der Waals surface area contributed by atoms with Crippen LogP contribution in [0.15, 0.2) is 36.9 Å². The van der Waals surface area contributed by atoms with Gasteiger partial charge in [0.15, 0.2) is 0 Å². The molecule has 1 heterocycles. The highest BCUT2D eigenvalue weighted by Crippen LogP contribution is 2.28. The first-order valence-electron chi connectivity index (χ1n) is 7.59. The van der Waals surface area contributed by atoms with E-state index in [2.05, 4.69) is 25.7 Å². The summed E-state index contributed by atoms with van der Waals surface area (Å²) in [5.41, 5.74) is 1.10. The third kappa shape index (κ3) is 3.45. The summed E-state index contributed by atoms with van der Waals surface area (Å²) in [5.74, 6) is 0.998. The number of ether oxygens (including phenoxy) is 1. The Balaban J connectivity index is 2.15. The summed E-state index contributed by atoms with van der Waals surface area (Å²) in [6.07, 6.45) is 3.64. The van der Waals surface area contributed by atoms with Crippen molar-refractivity contribution in [2.24, 2.45) is 0 Å². The number of nitrogens with one attached hydrogen (secondary N) is 1. The summed E-state index contributed by atoms with van der Waals surface area (Å²) in [5, 5.41) is 3.30. The van der Waals surface area contributed by atoms with Crippen LogP contribution in [-0.4, -0.2) is 30.0 Å². The lowest BCUT2D eigenvalue weighted by Crippen LogP contribution is -2.39. The van der Waals surface area contributed by atoms with Crippen molar-refractivity contribution in [3.8, 4) is 5.75 Å². The molecule has 1 aromatic rings. The monoisotopic (exact) mass is 288 g/mol. The van der Waals surface area contributed by atoms with Gasteiger partial charge in [-0.15, -0.1) is 0 Å². The second-order valence-electron chi connectivity index (χ2n) is 5.22. The molecular weight excluding hydrogens is 264 g/mol. The van der Waals surface area contributed by atoms with Crippen LogP contribution in [0.3, 0.4) is 0 Å². The molecule has 1 fully saturated rings. The van der Waals surface area contributed by atoms with Crippen molar-refractivity contribution in [3.63, 3.8) is 0 Å². The molecule has 2 rings (SSSR count). The molecule has 1 aromatic carbocycles. The van der Waals surface area contributed by atoms with Gasteiger partial charge >= 0.3 is 0 Å². The molecule has 0 bridgehead atoms. The molecule has 1 unspecified atom stereocenters. The van der Waals surface area contributed by atoms with Gasteiger partial charge in [0.1, 0.15) is 18.5 Å². The van der Waals surface area contributed by atoms with Gasteiger partial charge in [0.25, 0.3) is 0 Å². The Labute approximate surface area is 126 Å². The third-order valence-corrected chi connectivity index (χ3v) is 3.91. The van der Waals surface area contributed by atoms with E-state index >= 15 is 0 Å². The predicted octanol–water partition coefficient (Wildman–Crippen LogP) is 2.87. The molecule has 4 nitrogen and oxygen atoms in total. The molecular formula is C17H24N2O2. The molecule has 1 N–H and O–H groups in total. The second-order valence-corrected chi connectivity index (χ2v) is 5.22. The Morgan fingerprint density at radius 1 is 1.38 bits per heavy atom. The molecule has 21 heavy (non-hydrogen) atoms. The maximum absolute atomic E-state index is 12.2. The van der Waals surface area contributed by atoms with Crippen LogP contribution < -0.4 is 10.1 Å². The van der Waals surface area contributed by atoms with Crippen molar-refractivity contribution in [3.05, 3.63) is 42.5 Å². The van der Waals surface area contributed by atoms with E-state index < -0.39 is 0 Å². The molecule has 0 radical (unpaired) electrons. The van der Waals surface area contributed by atoms with Crippen LogP contribution in [0, 0.1) is 0 Å². The quantitative estimate of drug-likeness (QED) is 0.784. The van der Waals surface area contributed by atoms with E-state index in [4.69, 9.17) is 4.74 Å². The summed E-state index contributed by atoms with van der Waals surface area (Å²) in [4.78, 5) is 14.1. The minimum absolute atomic E-state index is 0.0316. The SMILES string of the molecule is C=CCOc1ccc(C2NCC(=O)N2C(CC)CC)cc1. The van der Waals surface area contributed by atoms with E-state index in [0.717, 1.165) is 24.2 Å². The lowest BCUT2D eigenvalue weighted by Gasteiger charge is -2.32. The topological polar surface area (TPSA) is 41.6 Å². The maximum Gasteiger partial charge on any atom is 0.238 e. The first-order chi connectivity index (χ1) is 10.2. The first-order valence-corrected chi connectivity index (χ1v) is 7.59. The van der Waals surface area contributed by atoms with Crippen LogP contribution in [0.1, 0.15) is 38.4 Å². The van der Waals surface area contributed by atoms with Gasteiger partial charge < -0.3 is 9.64 Å². The minimum Gasteiger partial charge on any atom is -0.490 e. The van der Waals surface area contributed by atoms with Crippen LogP contribution in [0.25, 0.3) is 0 Å². The van der Waals surface area contributed by atoms with Crippen LogP contribution in [0.4, 0.5) is 0 Å². The summed E-state index contributed by atoms with van der Waals surface area (Å²) in [7, 11) is 0. The number of carbonyl (C=O) groups excluding carboxylic acids is 1. The van der Waals surface area contributed by atoms with Gasteiger partial charge in [-0.1, -0.05) is 38.6 Å². The average Bonchev–Trinajstić information content (AvgIpc) is 2.89. The fourth-order valence-corrected chi connectivity index (χ4v) is 2.79. The van der Waals surface area contributed by atoms with Gasteiger partial charge in [-0.05, 0) is 30.5 Å². The number of hydrogen-bond donors (Lipinski definition) is 1. The molecule has 1 aliphatic heterocycles. The zero-order valence-corrected chi connectivity index (χ0v) is 12.8. The highest BCUT2D eigenvalue weighted by atomic mass is 16.5. The highest BCUT2D eigenvalue weighted by Gasteiger charge is 2.35. The number of benzene rings is 1. The molecule has 1 aliphatic rings. The smallest absolute Gasteiger partial charge is 0.238 e. The van der Waals surface area contributed by atoms with Crippen LogP contribution >= 0.6 is 0 Å². The number of nitrogens with zero attached hydrogens (tertiary/aromatic N) is 1. The maximum atomic E-state index is 12.2. The largest absolute Gasteiger partial charge is 0.490 e. The van der Waals surface area contributed by atoms with E-state index in [0.29, 0.717) is 13.2 Å². The zero-order chi connectivity index (χ0) is 15.2. The number of carbonyl (C=O) groups is 1. The lowest BCUT2D eigenvalue weighted by atomic mass is 10.1. The number of hydrogen-bond acceptors (Lipinski definition) is 3. The molecule has 1 amide bonds. The Morgan fingerprint density at radius 3 is 2.62 bits per heavy atom. The van der Waals surface area contributed by atoms with Gasteiger partial charge in [-0.2, -0.15) is 0 Å². The first kappa shape index (κ1) is 15.6. The van der Waals surface area contributed by atoms with E-state index in [9.17, 15) is 4.79 Å². The molecule has 114 valence electrons. The van der Waals surface area contributed by atoms with Crippen molar-refractivity contribution in [2.75, 3.05) is 13.2 Å². The van der Waals surface area contributed by atoms with Crippen LogP contribution in [-0.2, 0) is 4.79 Å². The van der Waals surface area contributed by atoms with Crippen molar-refractivity contribution in [1.29, 1.82) is 0 Å². The Morgan fingerprint density at radius 2 is 2.05 bits per heavy atom. The highest BCUT2D eigenvalue weighted by molar-refractivity contribution is 5.81. The van der Waals surface area contributed by atoms with Crippen molar-refractivity contribution in [1.82, 2.24) is 10.2 Å². The number of amides is 1. The summed E-state index contributed by atoms with van der Waals surface area (Å²) in [6, 6.07) is 8.20. The molecule has 1 atom stereocenters. The normalized spacial score (nSPS) is 18.3. The zero-order valence-electron chi connectivity index (χ0n) is 12.8. The van der Waals surface area contributed by atoms with E-state index in [1.807, 2.05) is 29.2 Å². The van der Waals surface area contributed by atoms with Crippen molar-refractivity contribution in [2.45, 2.75) is 38.9 Å². The molecule has 1 saturated heterocycles. The fraction of sp³-hybridized carbons (Fsp3) is 0.471. The van der Waals surface area contributed by atoms with Gasteiger partial charge in [0, 0.05) is 6.04 Å². The minimum atomic E-state index is -0.0316. The summed E-state index contributed by atoms with van der Waals surface area (Å²) >= 11 is 0. The third-order valence-electron chi connectivity index (χ3n) is 3.91. The second kappa shape index (κ2) is 7.27. The van der Waals surface area contributed by atoms with Gasteiger partial charge in [0.05, 0.1) is 6.54 Å². The van der Waals surface area contributed by atoms with Crippen molar-refractivity contribution < 1.29 is 9.53 Å². The van der Waals surface area contributed by atoms with E-state index in [-0.39, 0.29) is 18.1 Å². The molecule has 0 aliphatic carbocycles. The van der Waals surface area contributed by atoms with Gasteiger partial charge in [0.2, 0.25) is 5.91 Å².